The van der Waals surface area contributed by atoms with Crippen LogP contribution in [0.15, 0.2) is 47.5 Å². The molecular weight excluding hydrogens is 448 g/mol. The molecule has 2 aromatic carbocycles. The van der Waals surface area contributed by atoms with Crippen LogP contribution in [0, 0.1) is 6.92 Å². The van der Waals surface area contributed by atoms with Crippen LogP contribution < -0.4 is 5.32 Å². The van der Waals surface area contributed by atoms with Crippen molar-refractivity contribution >= 4 is 38.1 Å². The van der Waals surface area contributed by atoms with Crippen LogP contribution >= 0.6 is 11.6 Å². The molecular formula is C23H27ClN4O3S. The number of fused-ring (bicyclic) bond motifs is 1. The molecule has 9 heteroatoms. The van der Waals surface area contributed by atoms with E-state index in [9.17, 15) is 13.2 Å². The summed E-state index contributed by atoms with van der Waals surface area (Å²) in [6, 6.07) is 10.6. The molecule has 0 aliphatic carbocycles. The van der Waals surface area contributed by atoms with E-state index in [1.807, 2.05) is 13.1 Å². The summed E-state index contributed by atoms with van der Waals surface area (Å²) in [5, 5.41) is 5.78. The fourth-order valence-electron chi connectivity index (χ4n) is 4.03. The van der Waals surface area contributed by atoms with E-state index in [-0.39, 0.29) is 23.0 Å². The average Bonchev–Trinajstić information content (AvgIpc) is 3.21. The number of halogens is 1. The van der Waals surface area contributed by atoms with Gasteiger partial charge in [0.05, 0.1) is 16.3 Å². The van der Waals surface area contributed by atoms with Crippen LogP contribution in [-0.2, 0) is 21.2 Å². The minimum absolute atomic E-state index is 0.00830. The number of rotatable bonds is 7. The number of amides is 1. The second-order valence-electron chi connectivity index (χ2n) is 8.24. The smallest absolute Gasteiger partial charge is 0.223 e. The number of piperidine rings is 1. The number of carbonyl (C=O) groups excluding carboxylic acids is 1. The highest BCUT2D eigenvalue weighted by molar-refractivity contribution is 7.91. The van der Waals surface area contributed by atoms with Gasteiger partial charge in [0.1, 0.15) is 5.82 Å². The Morgan fingerprint density at radius 3 is 2.62 bits per heavy atom. The van der Waals surface area contributed by atoms with Crippen molar-refractivity contribution in [2.24, 2.45) is 0 Å². The third-order valence-electron chi connectivity index (χ3n) is 5.90. The Hall–Kier alpha value is -2.42. The molecule has 0 bridgehead atoms. The Balaban J connectivity index is 1.27. The maximum atomic E-state index is 12.8. The van der Waals surface area contributed by atoms with Gasteiger partial charge in [0, 0.05) is 43.3 Å². The number of hydrogen-bond donors (Lipinski definition) is 2. The molecule has 170 valence electrons. The molecule has 4 rings (SSSR count). The summed E-state index contributed by atoms with van der Waals surface area (Å²) in [4.78, 5) is 22.1. The van der Waals surface area contributed by atoms with Crippen molar-refractivity contribution in [2.75, 3.05) is 18.8 Å². The van der Waals surface area contributed by atoms with Crippen LogP contribution in [0.25, 0.3) is 10.8 Å². The van der Waals surface area contributed by atoms with E-state index in [0.29, 0.717) is 30.7 Å². The van der Waals surface area contributed by atoms with Crippen LogP contribution in [0.4, 0.5) is 0 Å². The maximum Gasteiger partial charge on any atom is 0.223 e. The molecule has 2 heterocycles. The second kappa shape index (κ2) is 9.60. The minimum atomic E-state index is -3.55. The van der Waals surface area contributed by atoms with E-state index in [1.165, 1.54) is 0 Å². The zero-order chi connectivity index (χ0) is 22.7. The predicted molar refractivity (Wildman–Crippen MR) is 125 cm³/mol. The molecule has 1 aliphatic rings. The SMILES string of the molecule is Cc1nc(CNC2CCN(C(=O)CCS(=O)(=O)c3ccc4cc(Cl)ccc4c3)CC2)c[nH]1. The zero-order valence-electron chi connectivity index (χ0n) is 18.0. The van der Waals surface area contributed by atoms with Crippen molar-refractivity contribution in [2.45, 2.75) is 43.7 Å². The topological polar surface area (TPSA) is 95.2 Å². The average molecular weight is 475 g/mol. The summed E-state index contributed by atoms with van der Waals surface area (Å²) in [7, 11) is -3.55. The van der Waals surface area contributed by atoms with E-state index in [1.54, 1.807) is 41.3 Å². The van der Waals surface area contributed by atoms with Gasteiger partial charge in [-0.05, 0) is 54.8 Å². The van der Waals surface area contributed by atoms with E-state index < -0.39 is 9.84 Å². The fraction of sp³-hybridized carbons (Fsp3) is 0.391. The number of aryl methyl sites for hydroxylation is 1. The number of nitrogens with zero attached hydrogens (tertiary/aromatic N) is 2. The highest BCUT2D eigenvalue weighted by Gasteiger charge is 2.24. The van der Waals surface area contributed by atoms with Gasteiger partial charge >= 0.3 is 0 Å². The Morgan fingerprint density at radius 1 is 1.19 bits per heavy atom. The number of imidazole rings is 1. The molecule has 1 amide bonds. The van der Waals surface area contributed by atoms with Crippen molar-refractivity contribution in [3.8, 4) is 0 Å². The van der Waals surface area contributed by atoms with E-state index in [2.05, 4.69) is 15.3 Å². The lowest BCUT2D eigenvalue weighted by molar-refractivity contribution is -0.131. The quantitative estimate of drug-likeness (QED) is 0.546. The van der Waals surface area contributed by atoms with Gasteiger partial charge in [-0.1, -0.05) is 23.7 Å². The monoisotopic (exact) mass is 474 g/mol. The standard InChI is InChI=1S/C23H27ClN4O3S/c1-16-25-14-21(27-16)15-26-20-6-9-28(10-7-20)23(29)8-11-32(30,31)22-5-3-17-12-19(24)4-2-18(17)13-22/h2-5,12-14,20,26H,6-11,15H2,1H3,(H,25,27). The van der Waals surface area contributed by atoms with E-state index in [4.69, 9.17) is 11.6 Å². The molecule has 0 saturated carbocycles. The first-order valence-electron chi connectivity index (χ1n) is 10.7. The molecule has 2 N–H and O–H groups in total. The molecule has 0 spiro atoms. The Kier molecular flexibility index (Phi) is 6.83. The van der Waals surface area contributed by atoms with Crippen molar-refractivity contribution in [3.63, 3.8) is 0 Å². The van der Waals surface area contributed by atoms with Gasteiger partial charge in [-0.25, -0.2) is 13.4 Å². The number of hydrogen-bond acceptors (Lipinski definition) is 5. The summed E-state index contributed by atoms with van der Waals surface area (Å²) in [5.41, 5.74) is 0.975. The number of likely N-dealkylation sites (tertiary alicyclic amines) is 1. The molecule has 1 aromatic heterocycles. The summed E-state index contributed by atoms with van der Waals surface area (Å²) >= 11 is 5.99. The Morgan fingerprint density at radius 2 is 1.91 bits per heavy atom. The number of nitrogens with one attached hydrogen (secondary N) is 2. The van der Waals surface area contributed by atoms with Crippen molar-refractivity contribution in [3.05, 3.63) is 59.1 Å². The number of sulfone groups is 1. The molecule has 0 atom stereocenters. The van der Waals surface area contributed by atoms with E-state index in [0.717, 1.165) is 35.1 Å². The lowest BCUT2D eigenvalue weighted by Gasteiger charge is -2.32. The first-order valence-corrected chi connectivity index (χ1v) is 12.8. The molecule has 3 aromatic rings. The summed E-state index contributed by atoms with van der Waals surface area (Å²) in [6.45, 7) is 3.88. The van der Waals surface area contributed by atoms with Crippen LogP contribution in [0.1, 0.15) is 30.8 Å². The van der Waals surface area contributed by atoms with Gasteiger partial charge in [-0.2, -0.15) is 0 Å². The van der Waals surface area contributed by atoms with Crippen LogP contribution in [0.2, 0.25) is 5.02 Å². The van der Waals surface area contributed by atoms with Gasteiger partial charge in [0.15, 0.2) is 9.84 Å². The number of carbonyl (C=O) groups is 1. The number of benzene rings is 2. The third kappa shape index (κ3) is 5.49. The summed E-state index contributed by atoms with van der Waals surface area (Å²) in [5.74, 6) is 0.592. The van der Waals surface area contributed by atoms with Gasteiger partial charge < -0.3 is 15.2 Å². The van der Waals surface area contributed by atoms with Gasteiger partial charge in [0.25, 0.3) is 0 Å². The van der Waals surface area contributed by atoms with Crippen LogP contribution in [-0.4, -0.2) is 54.1 Å². The molecule has 1 saturated heterocycles. The first-order chi connectivity index (χ1) is 15.3. The lowest BCUT2D eigenvalue weighted by Crippen LogP contribution is -2.45. The largest absolute Gasteiger partial charge is 0.348 e. The summed E-state index contributed by atoms with van der Waals surface area (Å²) < 4.78 is 25.6. The number of aromatic amines is 1. The van der Waals surface area contributed by atoms with E-state index >= 15 is 0 Å². The lowest BCUT2D eigenvalue weighted by atomic mass is 10.0. The Labute approximate surface area is 193 Å². The minimum Gasteiger partial charge on any atom is -0.348 e. The van der Waals surface area contributed by atoms with Crippen LogP contribution in [0.3, 0.4) is 0 Å². The molecule has 32 heavy (non-hydrogen) atoms. The van der Waals surface area contributed by atoms with Crippen LogP contribution in [0.5, 0.6) is 0 Å². The molecule has 0 radical (unpaired) electrons. The van der Waals surface area contributed by atoms with Gasteiger partial charge in [0.2, 0.25) is 5.91 Å². The molecule has 7 nitrogen and oxygen atoms in total. The summed E-state index contributed by atoms with van der Waals surface area (Å²) in [6.07, 6.45) is 3.57. The second-order valence-corrected chi connectivity index (χ2v) is 10.8. The fourth-order valence-corrected chi connectivity index (χ4v) is 5.47. The van der Waals surface area contributed by atoms with Crippen molar-refractivity contribution in [1.29, 1.82) is 0 Å². The molecule has 1 fully saturated rings. The molecule has 0 unspecified atom stereocenters. The highest BCUT2D eigenvalue weighted by Crippen LogP contribution is 2.24. The van der Waals surface area contributed by atoms with Crippen molar-refractivity contribution in [1.82, 2.24) is 20.2 Å². The molecule has 1 aliphatic heterocycles. The predicted octanol–water partition coefficient (Wildman–Crippen LogP) is 3.47. The Bertz CT molecular complexity index is 1220. The van der Waals surface area contributed by atoms with Crippen molar-refractivity contribution < 1.29 is 13.2 Å². The number of aromatic nitrogens is 2. The normalized spacial score (nSPS) is 15.4. The first kappa shape index (κ1) is 22.8. The number of H-pyrrole nitrogens is 1. The van der Waals surface area contributed by atoms with Gasteiger partial charge in [-0.3, -0.25) is 4.79 Å². The highest BCUT2D eigenvalue weighted by atomic mass is 35.5. The zero-order valence-corrected chi connectivity index (χ0v) is 19.5. The third-order valence-corrected chi connectivity index (χ3v) is 7.84. The van der Waals surface area contributed by atoms with Gasteiger partial charge in [-0.15, -0.1) is 0 Å². The maximum absolute atomic E-state index is 12.8.